The van der Waals surface area contributed by atoms with Crippen LogP contribution in [0.2, 0.25) is 0 Å². The minimum atomic E-state index is 0.119. The minimum absolute atomic E-state index is 0.119. The van der Waals surface area contributed by atoms with Gasteiger partial charge in [-0.15, -0.1) is 0 Å². The Morgan fingerprint density at radius 2 is 2.00 bits per heavy atom. The second-order valence-corrected chi connectivity index (χ2v) is 5.42. The number of carbonyl (C=O) groups is 1. The first-order chi connectivity index (χ1) is 9.31. The number of amides is 1. The third-order valence-corrected chi connectivity index (χ3v) is 4.15. The Morgan fingerprint density at radius 1 is 1.21 bits per heavy atom. The molecular formula is C15H16N2O2. The topological polar surface area (TPSA) is 45.3 Å². The van der Waals surface area contributed by atoms with Gasteiger partial charge in [0.1, 0.15) is 0 Å². The summed E-state index contributed by atoms with van der Waals surface area (Å²) in [6.45, 7) is 1.46. The van der Waals surface area contributed by atoms with Crippen molar-refractivity contribution in [2.45, 2.75) is 25.0 Å². The number of morpholine rings is 1. The molecule has 2 atom stereocenters. The first-order valence-corrected chi connectivity index (χ1v) is 6.82. The molecule has 2 aromatic rings. The van der Waals surface area contributed by atoms with Crippen molar-refractivity contribution in [3.05, 3.63) is 36.0 Å². The Hall–Kier alpha value is -1.81. The van der Waals surface area contributed by atoms with Crippen molar-refractivity contribution in [1.29, 1.82) is 0 Å². The number of fused-ring (bicyclic) bond motifs is 3. The van der Waals surface area contributed by atoms with Gasteiger partial charge in [0.2, 0.25) is 0 Å². The molecule has 1 N–H and O–H groups in total. The highest BCUT2D eigenvalue weighted by Crippen LogP contribution is 2.28. The lowest BCUT2D eigenvalue weighted by atomic mass is 10.1. The Morgan fingerprint density at radius 3 is 2.79 bits per heavy atom. The summed E-state index contributed by atoms with van der Waals surface area (Å²) in [4.78, 5) is 17.8. The van der Waals surface area contributed by atoms with Crippen molar-refractivity contribution in [2.75, 3.05) is 13.1 Å². The van der Waals surface area contributed by atoms with Crippen LogP contribution in [0.4, 0.5) is 0 Å². The van der Waals surface area contributed by atoms with Gasteiger partial charge in [0.15, 0.2) is 0 Å². The fourth-order valence-corrected chi connectivity index (χ4v) is 3.21. The van der Waals surface area contributed by atoms with E-state index in [1.807, 2.05) is 35.4 Å². The van der Waals surface area contributed by atoms with Crippen molar-refractivity contribution in [3.63, 3.8) is 0 Å². The molecule has 1 aromatic carbocycles. The normalized spacial score (nSPS) is 26.0. The van der Waals surface area contributed by atoms with E-state index in [2.05, 4.69) is 4.98 Å². The van der Waals surface area contributed by atoms with Crippen LogP contribution in [0.5, 0.6) is 0 Å². The van der Waals surface area contributed by atoms with E-state index in [1.165, 1.54) is 0 Å². The number of aromatic amines is 1. The Bertz CT molecular complexity index is 622. The highest BCUT2D eigenvalue weighted by molar-refractivity contribution is 6.05. The number of nitrogens with one attached hydrogen (secondary N) is 1. The van der Waals surface area contributed by atoms with Crippen LogP contribution in [0.1, 0.15) is 23.2 Å². The smallest absolute Gasteiger partial charge is 0.256 e. The van der Waals surface area contributed by atoms with Gasteiger partial charge in [-0.25, -0.2) is 0 Å². The van der Waals surface area contributed by atoms with Crippen LogP contribution >= 0.6 is 0 Å². The number of benzene rings is 1. The van der Waals surface area contributed by atoms with E-state index >= 15 is 0 Å². The van der Waals surface area contributed by atoms with E-state index in [9.17, 15) is 4.79 Å². The summed E-state index contributed by atoms with van der Waals surface area (Å²) in [5.41, 5.74) is 1.70. The van der Waals surface area contributed by atoms with Crippen LogP contribution in [-0.2, 0) is 4.74 Å². The van der Waals surface area contributed by atoms with E-state index in [4.69, 9.17) is 4.74 Å². The van der Waals surface area contributed by atoms with Crippen molar-refractivity contribution < 1.29 is 9.53 Å². The van der Waals surface area contributed by atoms with E-state index in [1.54, 1.807) is 0 Å². The molecule has 2 aliphatic heterocycles. The summed E-state index contributed by atoms with van der Waals surface area (Å²) in [5, 5.41) is 1.09. The number of likely N-dealkylation sites (tertiary alicyclic amines) is 1. The zero-order valence-corrected chi connectivity index (χ0v) is 10.6. The molecule has 2 fully saturated rings. The minimum Gasteiger partial charge on any atom is -0.371 e. The standard InChI is InChI=1S/C15H16N2O2/c18-15(17-8-11-4-5-12(9-17)19-11)13-3-1-2-10-6-7-16-14(10)13/h1-3,6-7,11-12,16H,4-5,8-9H2. The summed E-state index contributed by atoms with van der Waals surface area (Å²) in [7, 11) is 0. The quantitative estimate of drug-likeness (QED) is 0.850. The number of carbonyl (C=O) groups excluding carboxylic acids is 1. The monoisotopic (exact) mass is 256 g/mol. The molecule has 2 bridgehead atoms. The molecule has 0 saturated carbocycles. The van der Waals surface area contributed by atoms with Gasteiger partial charge in [-0.3, -0.25) is 4.79 Å². The third kappa shape index (κ3) is 1.75. The maximum Gasteiger partial charge on any atom is 0.256 e. The predicted octanol–water partition coefficient (Wildman–Crippen LogP) is 2.17. The van der Waals surface area contributed by atoms with E-state index < -0.39 is 0 Å². The SMILES string of the molecule is O=C(c1cccc2cc[nH]c12)N1CC2CCC(C1)O2. The molecule has 1 aromatic heterocycles. The van der Waals surface area contributed by atoms with E-state index in [0.717, 1.165) is 42.4 Å². The van der Waals surface area contributed by atoms with Gasteiger partial charge < -0.3 is 14.6 Å². The van der Waals surface area contributed by atoms with Crippen LogP contribution in [-0.4, -0.2) is 41.1 Å². The molecule has 4 heteroatoms. The number of hydrogen-bond donors (Lipinski definition) is 1. The van der Waals surface area contributed by atoms with Crippen molar-refractivity contribution in [3.8, 4) is 0 Å². The van der Waals surface area contributed by atoms with Crippen LogP contribution in [0, 0.1) is 0 Å². The van der Waals surface area contributed by atoms with Gasteiger partial charge in [0.05, 0.1) is 23.3 Å². The molecule has 0 aliphatic carbocycles. The van der Waals surface area contributed by atoms with Gasteiger partial charge in [-0.1, -0.05) is 12.1 Å². The molecule has 4 rings (SSSR count). The fourth-order valence-electron chi connectivity index (χ4n) is 3.21. The van der Waals surface area contributed by atoms with Gasteiger partial charge in [-0.2, -0.15) is 0 Å². The zero-order chi connectivity index (χ0) is 12.8. The average Bonchev–Trinajstić information content (AvgIpc) is 3.04. The fraction of sp³-hybridized carbons (Fsp3) is 0.400. The van der Waals surface area contributed by atoms with Gasteiger partial charge in [-0.05, 0) is 25.0 Å². The number of nitrogens with zero attached hydrogens (tertiary/aromatic N) is 1. The average molecular weight is 256 g/mol. The largest absolute Gasteiger partial charge is 0.371 e. The van der Waals surface area contributed by atoms with E-state index in [-0.39, 0.29) is 18.1 Å². The second-order valence-electron chi connectivity index (χ2n) is 5.42. The van der Waals surface area contributed by atoms with E-state index in [0.29, 0.717) is 0 Å². The maximum absolute atomic E-state index is 12.7. The maximum atomic E-state index is 12.7. The van der Waals surface area contributed by atoms with Gasteiger partial charge >= 0.3 is 0 Å². The summed E-state index contributed by atoms with van der Waals surface area (Å²) in [6, 6.07) is 7.86. The Kier molecular flexibility index (Phi) is 2.38. The number of aromatic nitrogens is 1. The van der Waals surface area contributed by atoms with Gasteiger partial charge in [0.25, 0.3) is 5.91 Å². The van der Waals surface area contributed by atoms with Crippen LogP contribution < -0.4 is 0 Å². The molecule has 2 aliphatic rings. The molecule has 19 heavy (non-hydrogen) atoms. The summed E-state index contributed by atoms with van der Waals surface area (Å²) in [5.74, 6) is 0.119. The number of ether oxygens (including phenoxy) is 1. The molecule has 0 radical (unpaired) electrons. The number of H-pyrrole nitrogens is 1. The third-order valence-electron chi connectivity index (χ3n) is 4.15. The Labute approximate surface area is 111 Å². The van der Waals surface area contributed by atoms with Crippen LogP contribution in [0.3, 0.4) is 0 Å². The van der Waals surface area contributed by atoms with Crippen LogP contribution in [0.25, 0.3) is 10.9 Å². The van der Waals surface area contributed by atoms with Crippen molar-refractivity contribution in [2.24, 2.45) is 0 Å². The van der Waals surface area contributed by atoms with Crippen molar-refractivity contribution >= 4 is 16.8 Å². The lowest BCUT2D eigenvalue weighted by Gasteiger charge is -2.32. The van der Waals surface area contributed by atoms with Crippen molar-refractivity contribution in [1.82, 2.24) is 9.88 Å². The highest BCUT2D eigenvalue weighted by Gasteiger charge is 2.36. The lowest BCUT2D eigenvalue weighted by molar-refractivity contribution is -0.0303. The molecule has 2 unspecified atom stereocenters. The summed E-state index contributed by atoms with van der Waals surface area (Å²) in [6.07, 6.45) is 4.53. The zero-order valence-electron chi connectivity index (χ0n) is 10.6. The molecule has 4 nitrogen and oxygen atoms in total. The Balaban J connectivity index is 1.68. The first kappa shape index (κ1) is 11.1. The number of para-hydroxylation sites is 1. The second kappa shape index (κ2) is 4.10. The van der Waals surface area contributed by atoms with Crippen LogP contribution in [0.15, 0.2) is 30.5 Å². The molecule has 0 spiro atoms. The summed E-state index contributed by atoms with van der Waals surface area (Å²) < 4.78 is 5.78. The number of rotatable bonds is 1. The molecule has 98 valence electrons. The predicted molar refractivity (Wildman–Crippen MR) is 72.1 cm³/mol. The molecule has 3 heterocycles. The molecule has 1 amide bonds. The van der Waals surface area contributed by atoms with Gasteiger partial charge in [0, 0.05) is 24.7 Å². The molecule has 2 saturated heterocycles. The number of hydrogen-bond acceptors (Lipinski definition) is 2. The first-order valence-electron chi connectivity index (χ1n) is 6.82. The lowest BCUT2D eigenvalue weighted by Crippen LogP contribution is -2.45. The summed E-state index contributed by atoms with van der Waals surface area (Å²) >= 11 is 0. The highest BCUT2D eigenvalue weighted by atomic mass is 16.5. The molecular weight excluding hydrogens is 240 g/mol.